The summed E-state index contributed by atoms with van der Waals surface area (Å²) in [7, 11) is 3.96. The zero-order valence-electron chi connectivity index (χ0n) is 22.9. The fourth-order valence-electron chi connectivity index (χ4n) is 3.96. The van der Waals surface area contributed by atoms with Gasteiger partial charge in [0, 0.05) is 45.0 Å². The Labute approximate surface area is 238 Å². The molecule has 0 saturated heterocycles. The van der Waals surface area contributed by atoms with Gasteiger partial charge >= 0.3 is 12.4 Å². The van der Waals surface area contributed by atoms with Gasteiger partial charge in [-0.15, -0.1) is 0 Å². The average molecular weight is 594 g/mol. The average Bonchev–Trinajstić information content (AvgIpc) is 3.34. The standard InChI is InChI=1S/C30H29F6N3O3/c1-39(2)24-6-3-20(4-7-24)5-10-28-38-26-18-25(8-9-27(26)42-28)41-14-13-40-12-11-37-19-21-15-22(29(31,32)33)17-23(16-21)30(34,35)36/h3-10,15-18,37H,11-14,19H2,1-2H3. The molecule has 1 aromatic heterocycles. The molecule has 42 heavy (non-hydrogen) atoms. The number of nitrogens with one attached hydrogen (secondary N) is 1. The molecule has 0 atom stereocenters. The highest BCUT2D eigenvalue weighted by atomic mass is 19.4. The second-order valence-corrected chi connectivity index (χ2v) is 9.55. The Morgan fingerprint density at radius 2 is 1.52 bits per heavy atom. The summed E-state index contributed by atoms with van der Waals surface area (Å²) in [4.78, 5) is 6.49. The number of alkyl halides is 6. The van der Waals surface area contributed by atoms with Crippen molar-refractivity contribution >= 4 is 28.9 Å². The van der Waals surface area contributed by atoms with E-state index in [1.807, 2.05) is 49.3 Å². The van der Waals surface area contributed by atoms with Crippen molar-refractivity contribution in [1.29, 1.82) is 0 Å². The summed E-state index contributed by atoms with van der Waals surface area (Å²) in [6, 6.07) is 14.8. The molecular weight excluding hydrogens is 564 g/mol. The Bertz CT molecular complexity index is 1460. The maximum Gasteiger partial charge on any atom is 0.416 e. The highest BCUT2D eigenvalue weighted by Gasteiger charge is 2.36. The lowest BCUT2D eigenvalue weighted by atomic mass is 10.0. The van der Waals surface area contributed by atoms with E-state index >= 15 is 0 Å². The fraction of sp³-hybridized carbons (Fsp3) is 0.300. The monoisotopic (exact) mass is 593 g/mol. The SMILES string of the molecule is CN(C)c1ccc(C=Cc2nc3cc(OCCOCCNCc4cc(C(F)(F)F)cc(C(F)(F)F)c4)ccc3o2)cc1. The van der Waals surface area contributed by atoms with Crippen LogP contribution in [0.3, 0.4) is 0 Å². The van der Waals surface area contributed by atoms with Crippen LogP contribution < -0.4 is 15.0 Å². The van der Waals surface area contributed by atoms with Crippen molar-refractivity contribution in [2.45, 2.75) is 18.9 Å². The normalized spacial score (nSPS) is 12.4. The van der Waals surface area contributed by atoms with E-state index in [0.717, 1.165) is 11.3 Å². The lowest BCUT2D eigenvalue weighted by Crippen LogP contribution is -2.21. The summed E-state index contributed by atoms with van der Waals surface area (Å²) in [5.41, 5.74) is 0.534. The van der Waals surface area contributed by atoms with Crippen molar-refractivity contribution in [2.24, 2.45) is 0 Å². The molecule has 3 aromatic carbocycles. The van der Waals surface area contributed by atoms with Crippen molar-refractivity contribution in [1.82, 2.24) is 10.3 Å². The molecule has 4 aromatic rings. The first-order valence-corrected chi connectivity index (χ1v) is 12.9. The van der Waals surface area contributed by atoms with Crippen LogP contribution in [-0.2, 0) is 23.6 Å². The number of fused-ring (bicyclic) bond motifs is 1. The molecule has 0 radical (unpaired) electrons. The Hall–Kier alpha value is -4.03. The van der Waals surface area contributed by atoms with E-state index in [1.54, 1.807) is 24.3 Å². The molecule has 0 bridgehead atoms. The molecule has 0 aliphatic heterocycles. The number of ether oxygens (including phenoxy) is 2. The molecule has 0 fully saturated rings. The zero-order chi connectivity index (χ0) is 30.3. The fourth-order valence-corrected chi connectivity index (χ4v) is 3.96. The molecule has 4 rings (SSSR count). The zero-order valence-corrected chi connectivity index (χ0v) is 22.9. The van der Waals surface area contributed by atoms with Gasteiger partial charge in [0.05, 0.1) is 24.3 Å². The maximum atomic E-state index is 13.0. The van der Waals surface area contributed by atoms with Crippen LogP contribution in [0.4, 0.5) is 32.0 Å². The number of hydrogen-bond donors (Lipinski definition) is 1. The van der Waals surface area contributed by atoms with Crippen LogP contribution in [0.15, 0.2) is 65.1 Å². The van der Waals surface area contributed by atoms with Gasteiger partial charge < -0.3 is 24.1 Å². The second-order valence-electron chi connectivity index (χ2n) is 9.55. The lowest BCUT2D eigenvalue weighted by Gasteiger charge is -2.14. The van der Waals surface area contributed by atoms with Gasteiger partial charge in [-0.2, -0.15) is 26.3 Å². The van der Waals surface area contributed by atoms with Gasteiger partial charge in [0.15, 0.2) is 5.58 Å². The van der Waals surface area contributed by atoms with E-state index in [2.05, 4.69) is 10.3 Å². The molecular formula is C30H29F6N3O3. The molecule has 1 N–H and O–H groups in total. The lowest BCUT2D eigenvalue weighted by molar-refractivity contribution is -0.143. The van der Waals surface area contributed by atoms with Gasteiger partial charge in [-0.1, -0.05) is 12.1 Å². The number of aromatic nitrogens is 1. The summed E-state index contributed by atoms with van der Waals surface area (Å²) in [5.74, 6) is 1.02. The van der Waals surface area contributed by atoms with E-state index in [4.69, 9.17) is 13.9 Å². The summed E-state index contributed by atoms with van der Waals surface area (Å²) in [6.07, 6.45) is -6.06. The van der Waals surface area contributed by atoms with Crippen LogP contribution in [0, 0.1) is 0 Å². The van der Waals surface area contributed by atoms with Gasteiger partial charge in [-0.3, -0.25) is 0 Å². The van der Waals surface area contributed by atoms with Crippen molar-refractivity contribution in [3.8, 4) is 5.75 Å². The van der Waals surface area contributed by atoms with E-state index in [9.17, 15) is 26.3 Å². The van der Waals surface area contributed by atoms with Gasteiger partial charge in [0.2, 0.25) is 5.89 Å². The van der Waals surface area contributed by atoms with Crippen molar-refractivity contribution in [3.63, 3.8) is 0 Å². The van der Waals surface area contributed by atoms with Crippen molar-refractivity contribution < 1.29 is 40.2 Å². The predicted octanol–water partition coefficient (Wildman–Crippen LogP) is 7.29. The third-order valence-corrected chi connectivity index (χ3v) is 6.10. The summed E-state index contributed by atoms with van der Waals surface area (Å²) in [6.45, 7) is 0.677. The third-order valence-electron chi connectivity index (χ3n) is 6.10. The minimum absolute atomic E-state index is 0.107. The van der Waals surface area contributed by atoms with Crippen LogP contribution in [0.1, 0.15) is 28.1 Å². The molecule has 6 nitrogen and oxygen atoms in total. The van der Waals surface area contributed by atoms with Crippen LogP contribution in [-0.4, -0.2) is 45.4 Å². The molecule has 224 valence electrons. The Kier molecular flexibility index (Phi) is 9.79. The molecule has 0 amide bonds. The van der Waals surface area contributed by atoms with E-state index in [1.165, 1.54) is 0 Å². The predicted molar refractivity (Wildman–Crippen MR) is 148 cm³/mol. The van der Waals surface area contributed by atoms with Gasteiger partial charge in [-0.25, -0.2) is 4.98 Å². The minimum atomic E-state index is -4.88. The summed E-state index contributed by atoms with van der Waals surface area (Å²) in [5, 5.41) is 2.79. The topological polar surface area (TPSA) is 59.8 Å². The highest BCUT2D eigenvalue weighted by molar-refractivity contribution is 5.77. The van der Waals surface area contributed by atoms with Crippen molar-refractivity contribution in [3.05, 3.63) is 88.8 Å². The van der Waals surface area contributed by atoms with Crippen LogP contribution in [0.25, 0.3) is 23.3 Å². The van der Waals surface area contributed by atoms with E-state index in [-0.39, 0.29) is 44.5 Å². The maximum absolute atomic E-state index is 13.0. The first-order valence-electron chi connectivity index (χ1n) is 12.9. The van der Waals surface area contributed by atoms with Gasteiger partial charge in [-0.05, 0) is 59.7 Å². The molecule has 0 spiro atoms. The first kappa shape index (κ1) is 30.9. The quantitative estimate of drug-likeness (QED) is 0.138. The first-order chi connectivity index (χ1) is 19.9. The molecule has 1 heterocycles. The Morgan fingerprint density at radius 1 is 0.833 bits per heavy atom. The van der Waals surface area contributed by atoms with Crippen LogP contribution >= 0.6 is 0 Å². The largest absolute Gasteiger partial charge is 0.491 e. The Morgan fingerprint density at radius 3 is 2.17 bits per heavy atom. The van der Waals surface area contributed by atoms with Crippen molar-refractivity contribution in [2.75, 3.05) is 45.4 Å². The Balaban J connectivity index is 1.19. The number of benzene rings is 3. The molecule has 0 aliphatic rings. The molecule has 12 heteroatoms. The van der Waals surface area contributed by atoms with Crippen LogP contribution in [0.2, 0.25) is 0 Å². The minimum Gasteiger partial charge on any atom is -0.491 e. The van der Waals surface area contributed by atoms with E-state index < -0.39 is 23.5 Å². The summed E-state index contributed by atoms with van der Waals surface area (Å²) < 4.78 is 94.8. The number of rotatable bonds is 12. The number of hydrogen-bond acceptors (Lipinski definition) is 6. The molecule has 0 saturated carbocycles. The number of nitrogens with zero attached hydrogens (tertiary/aromatic N) is 2. The number of halogens is 6. The number of anilines is 1. The highest BCUT2D eigenvalue weighted by Crippen LogP contribution is 2.36. The molecule has 0 unspecified atom stereocenters. The second kappa shape index (κ2) is 13.3. The van der Waals surface area contributed by atoms with E-state index in [0.29, 0.717) is 34.9 Å². The van der Waals surface area contributed by atoms with Gasteiger partial charge in [0.1, 0.15) is 17.9 Å². The molecule has 0 aliphatic carbocycles. The smallest absolute Gasteiger partial charge is 0.416 e. The van der Waals surface area contributed by atoms with Crippen LogP contribution in [0.5, 0.6) is 5.75 Å². The third kappa shape index (κ3) is 8.73. The summed E-state index contributed by atoms with van der Waals surface area (Å²) >= 11 is 0. The van der Waals surface area contributed by atoms with Gasteiger partial charge in [0.25, 0.3) is 0 Å². The number of oxazole rings is 1.